The molecule has 1 aliphatic rings. The average molecular weight is 614 g/mol. The van der Waals surface area contributed by atoms with E-state index in [1.54, 1.807) is 6.08 Å². The van der Waals surface area contributed by atoms with Gasteiger partial charge in [-0.25, -0.2) is 0 Å². The van der Waals surface area contributed by atoms with E-state index in [1.807, 2.05) is 6.08 Å². The van der Waals surface area contributed by atoms with Gasteiger partial charge in [0.05, 0.1) is 25.4 Å². The third-order valence-corrected chi connectivity index (χ3v) is 8.01. The number of aliphatic hydroxyl groups excluding tert-OH is 5. The smallest absolute Gasteiger partial charge is 0.220 e. The molecule has 1 amide bonds. The summed E-state index contributed by atoms with van der Waals surface area (Å²) in [6.07, 6.45) is 19.6. The molecule has 0 bridgehead atoms. The Morgan fingerprint density at radius 3 is 1.91 bits per heavy atom. The van der Waals surface area contributed by atoms with Crippen molar-refractivity contribution in [2.45, 2.75) is 172 Å². The van der Waals surface area contributed by atoms with Crippen molar-refractivity contribution in [2.75, 3.05) is 13.2 Å². The zero-order valence-electron chi connectivity index (χ0n) is 27.0. The SMILES string of the molecule is CCC/C=C/CC/C=C/C(O)C(COC1OC(CO)C(O)C(O)C1O)NC(=O)CCCCCCCCCCCCCCC. The third kappa shape index (κ3) is 18.3. The zero-order chi connectivity index (χ0) is 31.7. The van der Waals surface area contributed by atoms with Crippen molar-refractivity contribution in [1.29, 1.82) is 0 Å². The van der Waals surface area contributed by atoms with Crippen LogP contribution in [0.5, 0.6) is 0 Å². The lowest BCUT2D eigenvalue weighted by atomic mass is 9.99. The molecule has 9 nitrogen and oxygen atoms in total. The molecule has 9 heteroatoms. The van der Waals surface area contributed by atoms with Gasteiger partial charge < -0.3 is 40.3 Å². The van der Waals surface area contributed by atoms with Crippen LogP contribution in [-0.4, -0.2) is 87.5 Å². The Labute approximate surface area is 260 Å². The summed E-state index contributed by atoms with van der Waals surface area (Å²) in [4.78, 5) is 12.7. The molecule has 43 heavy (non-hydrogen) atoms. The lowest BCUT2D eigenvalue weighted by Crippen LogP contribution is -2.60. The van der Waals surface area contributed by atoms with E-state index in [0.717, 1.165) is 44.9 Å². The Hall–Kier alpha value is -1.33. The van der Waals surface area contributed by atoms with Crippen molar-refractivity contribution < 1.29 is 39.8 Å². The minimum absolute atomic E-state index is 0.194. The number of carbonyl (C=O) groups excluding carboxylic acids is 1. The summed E-state index contributed by atoms with van der Waals surface area (Å²) in [7, 11) is 0. The summed E-state index contributed by atoms with van der Waals surface area (Å²) >= 11 is 0. The number of hydrogen-bond acceptors (Lipinski definition) is 8. The minimum Gasteiger partial charge on any atom is -0.394 e. The number of carbonyl (C=O) groups is 1. The van der Waals surface area contributed by atoms with Gasteiger partial charge in [-0.2, -0.15) is 0 Å². The van der Waals surface area contributed by atoms with Crippen LogP contribution in [-0.2, 0) is 14.3 Å². The zero-order valence-corrected chi connectivity index (χ0v) is 27.0. The fourth-order valence-electron chi connectivity index (χ4n) is 5.18. The normalized spacial score (nSPS) is 24.1. The number of rotatable bonds is 26. The van der Waals surface area contributed by atoms with E-state index in [1.165, 1.54) is 64.2 Å². The molecule has 0 spiro atoms. The van der Waals surface area contributed by atoms with Gasteiger partial charge >= 0.3 is 0 Å². The molecule has 1 fully saturated rings. The molecular weight excluding hydrogens is 550 g/mol. The van der Waals surface area contributed by atoms with Gasteiger partial charge in [0.2, 0.25) is 5.91 Å². The van der Waals surface area contributed by atoms with E-state index in [9.17, 15) is 30.3 Å². The highest BCUT2D eigenvalue weighted by Gasteiger charge is 2.44. The molecule has 1 rings (SSSR count). The first-order chi connectivity index (χ1) is 20.8. The van der Waals surface area contributed by atoms with Gasteiger partial charge in [0.1, 0.15) is 24.4 Å². The van der Waals surface area contributed by atoms with Crippen molar-refractivity contribution in [3.8, 4) is 0 Å². The van der Waals surface area contributed by atoms with Crippen LogP contribution in [0.2, 0.25) is 0 Å². The highest BCUT2D eigenvalue weighted by molar-refractivity contribution is 5.76. The maximum absolute atomic E-state index is 12.7. The van der Waals surface area contributed by atoms with E-state index in [-0.39, 0.29) is 12.5 Å². The summed E-state index contributed by atoms with van der Waals surface area (Å²) in [6.45, 7) is 3.60. The number of unbranched alkanes of at least 4 members (excludes halogenated alkanes) is 14. The fraction of sp³-hybridized carbons (Fsp3) is 0.853. The third-order valence-electron chi connectivity index (χ3n) is 8.01. The molecule has 0 aromatic carbocycles. The van der Waals surface area contributed by atoms with Crippen LogP contribution in [0, 0.1) is 0 Å². The van der Waals surface area contributed by atoms with Crippen LogP contribution < -0.4 is 5.32 Å². The van der Waals surface area contributed by atoms with Crippen molar-refractivity contribution in [3.63, 3.8) is 0 Å². The largest absolute Gasteiger partial charge is 0.394 e. The highest BCUT2D eigenvalue weighted by atomic mass is 16.7. The van der Waals surface area contributed by atoms with E-state index >= 15 is 0 Å². The number of nitrogens with one attached hydrogen (secondary N) is 1. The number of amides is 1. The summed E-state index contributed by atoms with van der Waals surface area (Å²) in [5.41, 5.74) is 0. The molecule has 1 aliphatic heterocycles. The van der Waals surface area contributed by atoms with Crippen molar-refractivity contribution in [2.24, 2.45) is 0 Å². The van der Waals surface area contributed by atoms with Gasteiger partial charge in [-0.15, -0.1) is 0 Å². The van der Waals surface area contributed by atoms with Gasteiger partial charge in [-0.3, -0.25) is 4.79 Å². The molecule has 1 saturated heterocycles. The number of allylic oxidation sites excluding steroid dienone is 3. The quantitative estimate of drug-likeness (QED) is 0.0601. The van der Waals surface area contributed by atoms with Crippen LogP contribution in [0.4, 0.5) is 0 Å². The average Bonchev–Trinajstić information content (AvgIpc) is 3.00. The van der Waals surface area contributed by atoms with Gasteiger partial charge in [0, 0.05) is 6.42 Å². The van der Waals surface area contributed by atoms with Crippen LogP contribution in [0.3, 0.4) is 0 Å². The molecule has 0 saturated carbocycles. The predicted molar refractivity (Wildman–Crippen MR) is 170 cm³/mol. The minimum atomic E-state index is -1.56. The summed E-state index contributed by atoms with van der Waals surface area (Å²) < 4.78 is 11.1. The number of aliphatic hydroxyl groups is 5. The first-order valence-electron chi connectivity index (χ1n) is 17.1. The van der Waals surface area contributed by atoms with E-state index < -0.39 is 49.5 Å². The molecule has 6 N–H and O–H groups in total. The highest BCUT2D eigenvalue weighted by Crippen LogP contribution is 2.22. The monoisotopic (exact) mass is 613 g/mol. The van der Waals surface area contributed by atoms with Gasteiger partial charge in [-0.1, -0.05) is 122 Å². The molecule has 0 aromatic rings. The summed E-state index contributed by atoms with van der Waals surface area (Å²) in [6, 6.07) is -0.811. The second-order valence-electron chi connectivity index (χ2n) is 12.0. The lowest BCUT2D eigenvalue weighted by Gasteiger charge is -2.40. The second kappa shape index (κ2) is 25.9. The summed E-state index contributed by atoms with van der Waals surface area (Å²) in [5, 5.41) is 53.5. The van der Waals surface area contributed by atoms with E-state index in [4.69, 9.17) is 9.47 Å². The van der Waals surface area contributed by atoms with Crippen molar-refractivity contribution in [1.82, 2.24) is 5.32 Å². The molecule has 252 valence electrons. The summed E-state index contributed by atoms with van der Waals surface area (Å²) in [5.74, 6) is -0.194. The molecule has 0 radical (unpaired) electrons. The Balaban J connectivity index is 2.47. The van der Waals surface area contributed by atoms with Crippen LogP contribution in [0.1, 0.15) is 129 Å². The number of hydrogen-bond donors (Lipinski definition) is 6. The fourth-order valence-corrected chi connectivity index (χ4v) is 5.18. The molecule has 0 aliphatic carbocycles. The van der Waals surface area contributed by atoms with Crippen molar-refractivity contribution >= 4 is 5.91 Å². The van der Waals surface area contributed by atoms with Crippen molar-refractivity contribution in [3.05, 3.63) is 24.3 Å². The second-order valence-corrected chi connectivity index (χ2v) is 12.0. The van der Waals surface area contributed by atoms with E-state index in [2.05, 4.69) is 31.3 Å². The molecule has 0 aromatic heterocycles. The Kier molecular flexibility index (Phi) is 23.9. The Morgan fingerprint density at radius 1 is 0.767 bits per heavy atom. The molecular formula is C34H63NO8. The van der Waals surface area contributed by atoms with Crippen LogP contribution in [0.25, 0.3) is 0 Å². The Morgan fingerprint density at radius 2 is 1.33 bits per heavy atom. The first-order valence-corrected chi connectivity index (χ1v) is 17.1. The molecule has 7 unspecified atom stereocenters. The van der Waals surface area contributed by atoms with Crippen LogP contribution >= 0.6 is 0 Å². The number of ether oxygens (including phenoxy) is 2. The topological polar surface area (TPSA) is 149 Å². The van der Waals surface area contributed by atoms with Gasteiger partial charge in [0.25, 0.3) is 0 Å². The maximum atomic E-state index is 12.7. The maximum Gasteiger partial charge on any atom is 0.220 e. The Bertz CT molecular complexity index is 731. The lowest BCUT2D eigenvalue weighted by molar-refractivity contribution is -0.302. The van der Waals surface area contributed by atoms with Gasteiger partial charge in [0.15, 0.2) is 6.29 Å². The van der Waals surface area contributed by atoms with E-state index in [0.29, 0.717) is 6.42 Å². The predicted octanol–water partition coefficient (Wildman–Crippen LogP) is 4.82. The molecule has 1 heterocycles. The first kappa shape index (κ1) is 39.7. The van der Waals surface area contributed by atoms with Gasteiger partial charge in [-0.05, 0) is 25.7 Å². The molecule has 7 atom stereocenters. The van der Waals surface area contributed by atoms with Crippen LogP contribution in [0.15, 0.2) is 24.3 Å². The standard InChI is InChI=1S/C34H63NO8/c1-3-5-7-9-11-12-13-14-15-16-18-20-22-24-30(38)35-27(28(37)23-21-19-17-10-8-6-4-2)26-42-34-33(41)32(40)31(39)29(25-36)43-34/h8,10,21,23,27-29,31-34,36-37,39-41H,3-7,9,11-20,22,24-26H2,1-2H3,(H,35,38)/b10-8+,23-21+.